The van der Waals surface area contributed by atoms with Crippen LogP contribution >= 0.6 is 0 Å². The highest BCUT2D eigenvalue weighted by Crippen LogP contribution is 2.36. The first-order valence-electron chi connectivity index (χ1n) is 9.92. The first-order valence-corrected chi connectivity index (χ1v) is 9.92. The first kappa shape index (κ1) is 21.5. The van der Waals surface area contributed by atoms with Crippen LogP contribution in [-0.4, -0.2) is 47.8 Å². The number of nitrogens with one attached hydrogen (secondary N) is 1. The van der Waals surface area contributed by atoms with E-state index in [1.807, 2.05) is 25.1 Å². The maximum Gasteiger partial charge on any atom is 0.329 e. The number of rotatable bonds is 6. The van der Waals surface area contributed by atoms with Gasteiger partial charge in [-0.2, -0.15) is 0 Å². The molecule has 0 bridgehead atoms. The monoisotopic (exact) mass is 414 g/mol. The maximum absolute atomic E-state index is 12.6. The van der Waals surface area contributed by atoms with Crippen molar-refractivity contribution in [3.05, 3.63) is 35.9 Å². The molecule has 1 fully saturated rings. The van der Waals surface area contributed by atoms with Crippen molar-refractivity contribution in [2.45, 2.75) is 45.8 Å². The zero-order chi connectivity index (χ0) is 22.0. The Morgan fingerprint density at radius 2 is 1.70 bits per heavy atom. The smallest absolute Gasteiger partial charge is 0.329 e. The molecule has 0 spiro atoms. The van der Waals surface area contributed by atoms with E-state index in [9.17, 15) is 19.2 Å². The Kier molecular flexibility index (Phi) is 6.24. The normalized spacial score (nSPS) is 22.3. The number of nitrogens with zero attached hydrogens (tertiary/aromatic N) is 1. The van der Waals surface area contributed by atoms with Gasteiger partial charge in [0.05, 0.1) is 24.6 Å². The van der Waals surface area contributed by atoms with Gasteiger partial charge < -0.3 is 14.8 Å². The van der Waals surface area contributed by atoms with Crippen LogP contribution in [-0.2, 0) is 23.9 Å². The van der Waals surface area contributed by atoms with E-state index in [1.165, 1.54) is 21.0 Å². The summed E-state index contributed by atoms with van der Waals surface area (Å²) in [6, 6.07) is 4.21. The minimum atomic E-state index is -1.12. The maximum atomic E-state index is 12.6. The molecule has 30 heavy (non-hydrogen) atoms. The number of anilines is 1. The predicted molar refractivity (Wildman–Crippen MR) is 109 cm³/mol. The Bertz CT molecular complexity index is 883. The van der Waals surface area contributed by atoms with Gasteiger partial charge in [-0.05, 0) is 51.3 Å². The van der Waals surface area contributed by atoms with Crippen LogP contribution in [0, 0.1) is 18.8 Å². The predicted octanol–water partition coefficient (Wildman–Crippen LogP) is 2.21. The van der Waals surface area contributed by atoms with Crippen LogP contribution in [0.4, 0.5) is 5.69 Å². The molecular weight excluding hydrogens is 388 g/mol. The molecule has 3 rings (SSSR count). The number of aryl methyl sites for hydroxylation is 1. The fraction of sp³-hybridized carbons (Fsp3) is 0.455. The number of benzene rings is 1. The molecule has 0 radical (unpaired) electrons. The van der Waals surface area contributed by atoms with Gasteiger partial charge >= 0.3 is 5.97 Å². The van der Waals surface area contributed by atoms with Crippen molar-refractivity contribution < 1.29 is 28.7 Å². The lowest BCUT2D eigenvalue weighted by Crippen LogP contribution is -2.46. The summed E-state index contributed by atoms with van der Waals surface area (Å²) in [5.41, 5.74) is 1.38. The molecule has 1 N–H and O–H groups in total. The summed E-state index contributed by atoms with van der Waals surface area (Å²) in [4.78, 5) is 51.3. The van der Waals surface area contributed by atoms with Gasteiger partial charge in [-0.3, -0.25) is 19.3 Å². The number of methoxy groups -OCH3 is 1. The summed E-state index contributed by atoms with van der Waals surface area (Å²) < 4.78 is 10.5. The number of likely N-dealkylation sites (tertiary alicyclic amines) is 1. The Morgan fingerprint density at radius 3 is 2.27 bits per heavy atom. The average Bonchev–Trinajstić information content (AvgIpc) is 2.98. The molecule has 8 heteroatoms. The number of allylic oxidation sites excluding steroid dienone is 2. The van der Waals surface area contributed by atoms with Gasteiger partial charge in [0.15, 0.2) is 6.10 Å². The number of esters is 1. The Morgan fingerprint density at radius 1 is 1.10 bits per heavy atom. The minimum absolute atomic E-state index is 0.361. The molecule has 1 aliphatic carbocycles. The molecule has 4 atom stereocenters. The molecule has 1 aromatic carbocycles. The number of ether oxygens (including phenoxy) is 2. The highest BCUT2D eigenvalue weighted by molar-refractivity contribution is 6.08. The summed E-state index contributed by atoms with van der Waals surface area (Å²) in [5.74, 6) is -2.44. The molecule has 0 saturated carbocycles. The number of hydrogen-bond donors (Lipinski definition) is 1. The van der Waals surface area contributed by atoms with E-state index in [4.69, 9.17) is 9.47 Å². The second-order valence-corrected chi connectivity index (χ2v) is 7.65. The van der Waals surface area contributed by atoms with Crippen LogP contribution in [0.15, 0.2) is 30.4 Å². The number of fused-ring (bicyclic) bond motifs is 1. The average molecular weight is 414 g/mol. The Balaban J connectivity index is 1.64. The van der Waals surface area contributed by atoms with Crippen LogP contribution in [0.5, 0.6) is 5.75 Å². The van der Waals surface area contributed by atoms with Crippen LogP contribution in [0.25, 0.3) is 0 Å². The van der Waals surface area contributed by atoms with Crippen molar-refractivity contribution in [3.63, 3.8) is 0 Å². The third-order valence-corrected chi connectivity index (χ3v) is 5.55. The highest BCUT2D eigenvalue weighted by Gasteiger charge is 2.50. The Labute approximate surface area is 175 Å². The molecule has 160 valence electrons. The van der Waals surface area contributed by atoms with Gasteiger partial charge in [0.2, 0.25) is 11.8 Å². The topological polar surface area (TPSA) is 102 Å². The van der Waals surface area contributed by atoms with Crippen molar-refractivity contribution in [2.24, 2.45) is 11.8 Å². The fourth-order valence-corrected chi connectivity index (χ4v) is 3.79. The molecule has 0 aromatic heterocycles. The van der Waals surface area contributed by atoms with E-state index in [0.717, 1.165) is 10.5 Å². The molecule has 0 unspecified atom stereocenters. The Hall–Kier alpha value is -3.16. The molecule has 3 amide bonds. The molecule has 2 aliphatic rings. The van der Waals surface area contributed by atoms with Crippen LogP contribution < -0.4 is 10.1 Å². The number of imide groups is 1. The number of carbonyl (C=O) groups is 4. The minimum Gasteiger partial charge on any atom is -0.495 e. The van der Waals surface area contributed by atoms with Gasteiger partial charge in [0.1, 0.15) is 11.8 Å². The summed E-state index contributed by atoms with van der Waals surface area (Å²) >= 11 is 0. The van der Waals surface area contributed by atoms with Crippen LogP contribution in [0.1, 0.15) is 32.3 Å². The quantitative estimate of drug-likeness (QED) is 0.435. The van der Waals surface area contributed by atoms with Crippen molar-refractivity contribution in [2.75, 3.05) is 12.4 Å². The third-order valence-electron chi connectivity index (χ3n) is 5.55. The summed E-state index contributed by atoms with van der Waals surface area (Å²) in [5, 5.41) is 2.68. The van der Waals surface area contributed by atoms with Gasteiger partial charge in [-0.15, -0.1) is 0 Å². The molecular formula is C22H26N2O6. The van der Waals surface area contributed by atoms with E-state index in [1.54, 1.807) is 12.1 Å². The lowest BCUT2D eigenvalue weighted by atomic mass is 9.85. The van der Waals surface area contributed by atoms with Crippen molar-refractivity contribution in [1.29, 1.82) is 0 Å². The van der Waals surface area contributed by atoms with E-state index >= 15 is 0 Å². The SMILES string of the molecule is COc1ccc(C)cc1NC(=O)[C@H](C)OC(=O)[C@H](C)N1C(=O)[C@H]2CC=CC[C@@H]2C1=O. The van der Waals surface area contributed by atoms with E-state index in [2.05, 4.69) is 5.32 Å². The standard InChI is InChI=1S/C22H26N2O6/c1-12-9-10-18(29-4)17(11-12)23-19(25)14(3)30-22(28)13(2)24-20(26)15-7-5-6-8-16(15)21(24)27/h5-6,9-11,13-16H,7-8H2,1-4H3,(H,23,25)/t13-,14-,15-,16-/m0/s1. The largest absolute Gasteiger partial charge is 0.495 e. The molecule has 1 saturated heterocycles. The van der Waals surface area contributed by atoms with Crippen molar-refractivity contribution >= 4 is 29.4 Å². The molecule has 1 aromatic rings. The fourth-order valence-electron chi connectivity index (χ4n) is 3.79. The zero-order valence-corrected chi connectivity index (χ0v) is 17.5. The number of amides is 3. The summed E-state index contributed by atoms with van der Waals surface area (Å²) in [6.45, 7) is 4.74. The van der Waals surface area contributed by atoms with E-state index < -0.39 is 35.9 Å². The van der Waals surface area contributed by atoms with Crippen LogP contribution in [0.2, 0.25) is 0 Å². The lowest BCUT2D eigenvalue weighted by Gasteiger charge is -2.23. The van der Waals surface area contributed by atoms with Crippen molar-refractivity contribution in [3.8, 4) is 5.75 Å². The summed E-state index contributed by atoms with van der Waals surface area (Å²) in [6.07, 6.45) is 3.62. The van der Waals surface area contributed by atoms with E-state index in [0.29, 0.717) is 24.3 Å². The number of hydrogen-bond acceptors (Lipinski definition) is 6. The zero-order valence-electron chi connectivity index (χ0n) is 17.5. The van der Waals surface area contributed by atoms with Gasteiger partial charge in [-0.1, -0.05) is 18.2 Å². The van der Waals surface area contributed by atoms with Gasteiger partial charge in [-0.25, -0.2) is 4.79 Å². The molecule has 1 heterocycles. The molecule has 1 aliphatic heterocycles. The summed E-state index contributed by atoms with van der Waals surface area (Å²) in [7, 11) is 1.49. The second kappa shape index (κ2) is 8.69. The third kappa shape index (κ3) is 4.08. The molecule has 8 nitrogen and oxygen atoms in total. The van der Waals surface area contributed by atoms with Gasteiger partial charge in [0.25, 0.3) is 5.91 Å². The van der Waals surface area contributed by atoms with Crippen LogP contribution in [0.3, 0.4) is 0 Å². The second-order valence-electron chi connectivity index (χ2n) is 7.65. The van der Waals surface area contributed by atoms with Crippen molar-refractivity contribution in [1.82, 2.24) is 4.90 Å². The highest BCUT2D eigenvalue weighted by atomic mass is 16.5. The first-order chi connectivity index (χ1) is 14.2. The van der Waals surface area contributed by atoms with E-state index in [-0.39, 0.29) is 11.8 Å². The number of carbonyl (C=O) groups excluding carboxylic acids is 4. The lowest BCUT2D eigenvalue weighted by molar-refractivity contribution is -0.163. The van der Waals surface area contributed by atoms with Gasteiger partial charge in [0, 0.05) is 0 Å².